The summed E-state index contributed by atoms with van der Waals surface area (Å²) in [5.41, 5.74) is 9.50. The first-order valence-electron chi connectivity index (χ1n) is 9.47. The maximum absolute atomic E-state index is 13.0. The summed E-state index contributed by atoms with van der Waals surface area (Å²) in [6, 6.07) is 17.5. The first-order valence-corrected chi connectivity index (χ1v) is 11.0. The summed E-state index contributed by atoms with van der Waals surface area (Å²) >= 11 is 0. The van der Waals surface area contributed by atoms with E-state index >= 15 is 0 Å². The Bertz CT molecular complexity index is 1220. The summed E-state index contributed by atoms with van der Waals surface area (Å²) in [5, 5.41) is 15.1. The number of carbonyl (C=O) groups is 1. The van der Waals surface area contributed by atoms with E-state index in [1.807, 2.05) is 30.3 Å². The highest BCUT2D eigenvalue weighted by molar-refractivity contribution is 7.89. The molecule has 4 rings (SSSR count). The van der Waals surface area contributed by atoms with Crippen LogP contribution in [-0.2, 0) is 14.8 Å². The lowest BCUT2D eigenvalue weighted by Crippen LogP contribution is -2.38. The Morgan fingerprint density at radius 1 is 1.03 bits per heavy atom. The van der Waals surface area contributed by atoms with E-state index in [4.69, 9.17) is 10.9 Å². The van der Waals surface area contributed by atoms with E-state index in [2.05, 4.69) is 6.07 Å². The van der Waals surface area contributed by atoms with Gasteiger partial charge in [0.2, 0.25) is 10.0 Å². The molecular weight excluding hydrogens is 400 g/mol. The van der Waals surface area contributed by atoms with Gasteiger partial charge in [-0.1, -0.05) is 30.3 Å². The highest BCUT2D eigenvalue weighted by Gasteiger charge is 2.40. The quantitative estimate of drug-likeness (QED) is 0.785. The zero-order valence-electron chi connectivity index (χ0n) is 16.1. The first-order chi connectivity index (χ1) is 14.3. The third-order valence-corrected chi connectivity index (χ3v) is 6.40. The Morgan fingerprint density at radius 2 is 1.70 bits per heavy atom. The van der Waals surface area contributed by atoms with E-state index in [0.717, 1.165) is 11.3 Å². The lowest BCUT2D eigenvalue weighted by atomic mass is 9.75. The van der Waals surface area contributed by atoms with E-state index < -0.39 is 15.9 Å². The average molecular weight is 420 g/mol. The van der Waals surface area contributed by atoms with Crippen LogP contribution in [0.5, 0.6) is 0 Å². The molecule has 0 saturated heterocycles. The molecule has 0 amide bonds. The smallest absolute Gasteiger partial charge is 0.238 e. The van der Waals surface area contributed by atoms with Gasteiger partial charge in [-0.15, -0.1) is 0 Å². The molecule has 2 aromatic rings. The van der Waals surface area contributed by atoms with E-state index in [0.29, 0.717) is 36.1 Å². The molecule has 4 N–H and O–H groups in total. The van der Waals surface area contributed by atoms with Crippen molar-refractivity contribution >= 4 is 21.5 Å². The third kappa shape index (κ3) is 3.28. The average Bonchev–Trinajstić information content (AvgIpc) is 2.73. The highest BCUT2D eigenvalue weighted by atomic mass is 32.2. The Hall–Kier alpha value is -3.41. The molecule has 1 heterocycles. The number of allylic oxidation sites excluding steroid dienone is 3. The van der Waals surface area contributed by atoms with E-state index in [-0.39, 0.29) is 16.5 Å². The first kappa shape index (κ1) is 19.9. The van der Waals surface area contributed by atoms with Crippen molar-refractivity contribution < 1.29 is 13.2 Å². The largest absolute Gasteiger partial charge is 0.384 e. The minimum absolute atomic E-state index is 0.00323. The number of nitriles is 1. The number of rotatable bonds is 3. The predicted molar refractivity (Wildman–Crippen MR) is 112 cm³/mol. The number of ketones is 1. The number of Topliss-reactive ketones (excluding diaryl/α,β-unsaturated/α-hetero) is 1. The zero-order valence-corrected chi connectivity index (χ0v) is 16.9. The Labute approximate surface area is 175 Å². The van der Waals surface area contributed by atoms with Gasteiger partial charge in [0.1, 0.15) is 5.82 Å². The van der Waals surface area contributed by atoms with Gasteiger partial charge < -0.3 is 5.73 Å². The molecule has 1 atom stereocenters. The maximum atomic E-state index is 13.0. The molecule has 7 nitrogen and oxygen atoms in total. The topological polar surface area (TPSA) is 130 Å². The maximum Gasteiger partial charge on any atom is 0.238 e. The summed E-state index contributed by atoms with van der Waals surface area (Å²) in [7, 11) is -3.84. The third-order valence-electron chi connectivity index (χ3n) is 5.47. The molecule has 1 aliphatic heterocycles. The van der Waals surface area contributed by atoms with Crippen LogP contribution in [0.15, 0.2) is 82.2 Å². The number of benzene rings is 2. The molecule has 1 aliphatic carbocycles. The number of hydrogen-bond donors (Lipinski definition) is 2. The van der Waals surface area contributed by atoms with Crippen molar-refractivity contribution in [3.63, 3.8) is 0 Å². The fourth-order valence-corrected chi connectivity index (χ4v) is 4.66. The Kier molecular flexibility index (Phi) is 4.94. The molecule has 0 bridgehead atoms. The minimum atomic E-state index is -3.84. The second-order valence-electron chi connectivity index (χ2n) is 7.27. The predicted octanol–water partition coefficient (Wildman–Crippen LogP) is 2.64. The SMILES string of the molecule is N#CC1=C(N)N(c2ccc(S(N)(=O)=O)cc2)C2=C(C(=O)CCC2)[C@@H]1c1ccccc1. The number of sulfonamides is 1. The van der Waals surface area contributed by atoms with Crippen LogP contribution in [0.1, 0.15) is 30.7 Å². The fourth-order valence-electron chi connectivity index (χ4n) is 4.15. The van der Waals surface area contributed by atoms with Crippen molar-refractivity contribution in [2.75, 3.05) is 4.90 Å². The molecule has 0 fully saturated rings. The van der Waals surface area contributed by atoms with Crippen molar-refractivity contribution in [1.29, 1.82) is 5.26 Å². The van der Waals surface area contributed by atoms with Gasteiger partial charge in [-0.2, -0.15) is 5.26 Å². The molecule has 0 unspecified atom stereocenters. The van der Waals surface area contributed by atoms with Crippen LogP contribution in [0, 0.1) is 11.3 Å². The van der Waals surface area contributed by atoms with Crippen molar-refractivity contribution in [1.82, 2.24) is 0 Å². The molecule has 0 saturated carbocycles. The van der Waals surface area contributed by atoms with Crippen LogP contribution >= 0.6 is 0 Å². The van der Waals surface area contributed by atoms with Crippen LogP contribution in [0.3, 0.4) is 0 Å². The van der Waals surface area contributed by atoms with Crippen LogP contribution in [0.4, 0.5) is 5.69 Å². The molecule has 8 heteroatoms. The van der Waals surface area contributed by atoms with E-state index in [9.17, 15) is 18.5 Å². The van der Waals surface area contributed by atoms with Gasteiger partial charge >= 0.3 is 0 Å². The number of anilines is 1. The van der Waals surface area contributed by atoms with Crippen molar-refractivity contribution in [2.24, 2.45) is 10.9 Å². The van der Waals surface area contributed by atoms with Gasteiger partial charge in [-0.25, -0.2) is 13.6 Å². The minimum Gasteiger partial charge on any atom is -0.384 e. The lowest BCUT2D eigenvalue weighted by molar-refractivity contribution is -0.116. The van der Waals surface area contributed by atoms with Gasteiger partial charge in [0, 0.05) is 23.4 Å². The van der Waals surface area contributed by atoms with Gasteiger partial charge in [0.25, 0.3) is 0 Å². The normalized spacial score (nSPS) is 19.5. The summed E-state index contributed by atoms with van der Waals surface area (Å²) in [6.45, 7) is 0. The van der Waals surface area contributed by atoms with Crippen molar-refractivity contribution in [3.8, 4) is 6.07 Å². The van der Waals surface area contributed by atoms with Crippen LogP contribution < -0.4 is 15.8 Å². The number of carbonyl (C=O) groups excluding carboxylic acids is 1. The monoisotopic (exact) mass is 420 g/mol. The molecular formula is C22H20N4O3S. The molecule has 2 aliphatic rings. The molecule has 152 valence electrons. The van der Waals surface area contributed by atoms with Gasteiger partial charge in [-0.05, 0) is 42.7 Å². The number of nitrogens with two attached hydrogens (primary N) is 2. The fraction of sp³-hybridized carbons (Fsp3) is 0.182. The van der Waals surface area contributed by atoms with Crippen molar-refractivity contribution in [2.45, 2.75) is 30.1 Å². The molecule has 0 aromatic heterocycles. The Morgan fingerprint density at radius 3 is 2.30 bits per heavy atom. The zero-order chi connectivity index (χ0) is 21.5. The lowest BCUT2D eigenvalue weighted by Gasteiger charge is -2.39. The summed E-state index contributed by atoms with van der Waals surface area (Å²) < 4.78 is 23.2. The molecule has 0 spiro atoms. The second kappa shape index (κ2) is 7.44. The van der Waals surface area contributed by atoms with Crippen LogP contribution in [-0.4, -0.2) is 14.2 Å². The van der Waals surface area contributed by atoms with Crippen LogP contribution in [0.25, 0.3) is 0 Å². The standard InChI is InChI=1S/C22H20N4O3S/c23-13-17-20(14-5-2-1-3-6-14)21-18(7-4-8-19(21)27)26(22(17)24)15-9-11-16(12-10-15)30(25,28)29/h1-3,5-6,9-12,20H,4,7-8,24H2,(H2,25,28,29)/t20-/m1/s1. The van der Waals surface area contributed by atoms with Gasteiger partial charge in [-0.3, -0.25) is 9.69 Å². The summed E-state index contributed by atoms with van der Waals surface area (Å²) in [4.78, 5) is 14.7. The molecule has 2 aromatic carbocycles. The van der Waals surface area contributed by atoms with Gasteiger partial charge in [0.15, 0.2) is 5.78 Å². The van der Waals surface area contributed by atoms with E-state index in [1.54, 1.807) is 17.0 Å². The van der Waals surface area contributed by atoms with Gasteiger partial charge in [0.05, 0.1) is 22.5 Å². The van der Waals surface area contributed by atoms with Crippen LogP contribution in [0.2, 0.25) is 0 Å². The summed E-state index contributed by atoms with van der Waals surface area (Å²) in [5.74, 6) is -0.279. The number of nitrogens with zero attached hydrogens (tertiary/aromatic N) is 2. The van der Waals surface area contributed by atoms with Crippen molar-refractivity contribution in [3.05, 3.63) is 82.8 Å². The summed E-state index contributed by atoms with van der Waals surface area (Å²) in [6.07, 6.45) is 1.72. The molecule has 0 radical (unpaired) electrons. The molecule has 30 heavy (non-hydrogen) atoms. The highest BCUT2D eigenvalue weighted by Crippen LogP contribution is 2.46. The Balaban J connectivity index is 1.92. The second-order valence-corrected chi connectivity index (χ2v) is 8.83. The number of primary sulfonamides is 1. The number of hydrogen-bond acceptors (Lipinski definition) is 6. The van der Waals surface area contributed by atoms with E-state index in [1.165, 1.54) is 12.1 Å².